The monoisotopic (exact) mass is 414 g/mol. The van der Waals surface area contributed by atoms with Gasteiger partial charge in [-0.05, 0) is 59.3 Å². The number of thiophene rings is 1. The molecule has 2 aromatic heterocycles. The molecule has 2 aromatic carbocycles. The third-order valence-electron chi connectivity index (χ3n) is 4.64. The average molecular weight is 415 g/mol. The van der Waals surface area contributed by atoms with Crippen molar-refractivity contribution in [3.63, 3.8) is 0 Å². The number of hydrogen-bond acceptors (Lipinski definition) is 5. The van der Waals surface area contributed by atoms with Crippen molar-refractivity contribution in [2.45, 2.75) is 0 Å². The maximum absolute atomic E-state index is 11.8. The smallest absolute Gasteiger partial charge is 0.282 e. The molecule has 0 radical (unpaired) electrons. The van der Waals surface area contributed by atoms with Crippen LogP contribution in [0, 0.1) is 0 Å². The van der Waals surface area contributed by atoms with Gasteiger partial charge in [-0.15, -0.1) is 11.3 Å². The van der Waals surface area contributed by atoms with Gasteiger partial charge >= 0.3 is 0 Å². The zero-order valence-electron chi connectivity index (χ0n) is 15.1. The molecule has 2 amide bonds. The van der Waals surface area contributed by atoms with Crippen LogP contribution in [-0.2, 0) is 4.79 Å². The van der Waals surface area contributed by atoms with Gasteiger partial charge in [-0.25, -0.2) is 0 Å². The normalized spacial score (nSPS) is 15.2. The van der Waals surface area contributed by atoms with Crippen molar-refractivity contribution in [2.24, 2.45) is 0 Å². The Morgan fingerprint density at radius 2 is 1.72 bits per heavy atom. The van der Waals surface area contributed by atoms with E-state index < -0.39 is 0 Å². The lowest BCUT2D eigenvalue weighted by Crippen LogP contribution is -2.17. The number of pyridine rings is 1. The van der Waals surface area contributed by atoms with E-state index >= 15 is 0 Å². The largest absolute Gasteiger partial charge is 0.290 e. The molecule has 140 valence electrons. The summed E-state index contributed by atoms with van der Waals surface area (Å²) in [5.74, 6) is -0.350. The number of amides is 2. The lowest BCUT2D eigenvalue weighted by Gasteiger charge is -2.06. The van der Waals surface area contributed by atoms with Crippen LogP contribution in [0.15, 0.2) is 77.8 Å². The fourth-order valence-corrected chi connectivity index (χ4v) is 5.01. The van der Waals surface area contributed by atoms with E-state index in [1.807, 2.05) is 48.7 Å². The van der Waals surface area contributed by atoms with Gasteiger partial charge in [-0.3, -0.25) is 19.9 Å². The topological polar surface area (TPSA) is 59.1 Å². The Labute approximate surface area is 175 Å². The van der Waals surface area contributed by atoms with Gasteiger partial charge in [-0.2, -0.15) is 0 Å². The average Bonchev–Trinajstić information content (AvgIpc) is 3.35. The van der Waals surface area contributed by atoms with Crippen LogP contribution in [0.2, 0.25) is 0 Å². The molecule has 4 aromatic rings. The fourth-order valence-electron chi connectivity index (χ4n) is 3.28. The van der Waals surface area contributed by atoms with Gasteiger partial charge in [0, 0.05) is 26.9 Å². The molecular formula is C23H14N2O2S2. The zero-order valence-corrected chi connectivity index (χ0v) is 16.7. The van der Waals surface area contributed by atoms with Crippen LogP contribution >= 0.6 is 23.1 Å². The first-order chi connectivity index (χ1) is 14.2. The second-order valence-corrected chi connectivity index (χ2v) is 8.62. The van der Waals surface area contributed by atoms with E-state index in [1.165, 1.54) is 10.4 Å². The lowest BCUT2D eigenvalue weighted by atomic mass is 10.0. The number of fused-ring (bicyclic) bond motifs is 1. The highest BCUT2D eigenvalue weighted by Crippen LogP contribution is 2.37. The van der Waals surface area contributed by atoms with E-state index in [1.54, 1.807) is 17.4 Å². The molecule has 0 aliphatic carbocycles. The molecule has 5 rings (SSSR count). The van der Waals surface area contributed by atoms with Crippen LogP contribution in [0.3, 0.4) is 0 Å². The van der Waals surface area contributed by atoms with E-state index in [4.69, 9.17) is 0 Å². The molecule has 0 unspecified atom stereocenters. The number of rotatable bonds is 3. The molecular weight excluding hydrogens is 400 g/mol. The molecule has 6 heteroatoms. The predicted octanol–water partition coefficient (Wildman–Crippen LogP) is 5.95. The Morgan fingerprint density at radius 3 is 2.52 bits per heavy atom. The summed E-state index contributed by atoms with van der Waals surface area (Å²) in [6, 6.07) is 22.5. The number of hydrogen-bond donors (Lipinski definition) is 1. The molecule has 29 heavy (non-hydrogen) atoms. The Hall–Kier alpha value is -3.22. The number of nitrogens with one attached hydrogen (secondary N) is 1. The van der Waals surface area contributed by atoms with Gasteiger partial charge in [0.15, 0.2) is 0 Å². The third-order valence-corrected chi connectivity index (χ3v) is 6.61. The van der Waals surface area contributed by atoms with Crippen molar-refractivity contribution in [1.82, 2.24) is 10.3 Å². The molecule has 3 heterocycles. The molecule has 1 saturated heterocycles. The first-order valence-electron chi connectivity index (χ1n) is 8.97. The Bertz CT molecular complexity index is 1290. The van der Waals surface area contributed by atoms with Crippen LogP contribution < -0.4 is 5.32 Å². The fraction of sp³-hybridized carbons (Fsp3) is 0. The van der Waals surface area contributed by atoms with Crippen LogP contribution in [0.5, 0.6) is 0 Å². The summed E-state index contributed by atoms with van der Waals surface area (Å²) in [5, 5.41) is 2.96. The van der Waals surface area contributed by atoms with Gasteiger partial charge < -0.3 is 0 Å². The summed E-state index contributed by atoms with van der Waals surface area (Å²) >= 11 is 2.66. The summed E-state index contributed by atoms with van der Waals surface area (Å²) in [6.07, 6.45) is 3.56. The highest BCUT2D eigenvalue weighted by Gasteiger charge is 2.25. The minimum atomic E-state index is -0.350. The molecule has 1 aliphatic heterocycles. The molecule has 0 saturated carbocycles. The van der Waals surface area contributed by atoms with Gasteiger partial charge in [0.05, 0.1) is 10.4 Å². The number of imide groups is 1. The van der Waals surface area contributed by atoms with Crippen LogP contribution in [0.1, 0.15) is 5.56 Å². The number of aromatic nitrogens is 1. The van der Waals surface area contributed by atoms with Crippen molar-refractivity contribution in [3.05, 3.63) is 83.4 Å². The van der Waals surface area contributed by atoms with Crippen molar-refractivity contribution >= 4 is 51.2 Å². The van der Waals surface area contributed by atoms with E-state index in [0.717, 1.165) is 38.7 Å². The summed E-state index contributed by atoms with van der Waals surface area (Å²) in [5.41, 5.74) is 4.04. The molecule has 0 spiro atoms. The summed E-state index contributed by atoms with van der Waals surface area (Å²) in [4.78, 5) is 30.5. The molecule has 0 bridgehead atoms. The standard InChI is InChI=1S/C23H14N2O2S2/c26-22-21(29-23(27)25-22)13-14-6-7-18-17(12-14)16(10-11-24-18)20-9-8-19(28-20)15-4-2-1-3-5-15/h1-13H,(H,25,26,27). The van der Waals surface area contributed by atoms with Gasteiger partial charge in [0.2, 0.25) is 0 Å². The number of thioether (sulfide) groups is 1. The SMILES string of the molecule is O=C1NC(=O)C(=Cc2ccc3nccc(-c4ccc(-c5ccccc5)s4)c3c2)S1. The van der Waals surface area contributed by atoms with E-state index in [-0.39, 0.29) is 11.1 Å². The Balaban J connectivity index is 1.58. The summed E-state index contributed by atoms with van der Waals surface area (Å²) < 4.78 is 0. The molecule has 1 aliphatic rings. The Morgan fingerprint density at radius 1 is 0.897 bits per heavy atom. The quantitative estimate of drug-likeness (QED) is 0.421. The first kappa shape index (κ1) is 17.8. The number of carbonyl (C=O) groups is 2. The van der Waals surface area contributed by atoms with E-state index in [0.29, 0.717) is 4.91 Å². The van der Waals surface area contributed by atoms with E-state index in [2.05, 4.69) is 34.6 Å². The maximum atomic E-state index is 11.8. The van der Waals surface area contributed by atoms with Crippen molar-refractivity contribution in [1.29, 1.82) is 0 Å². The van der Waals surface area contributed by atoms with Crippen molar-refractivity contribution in [2.75, 3.05) is 0 Å². The molecule has 1 fully saturated rings. The minimum Gasteiger partial charge on any atom is -0.282 e. The summed E-state index contributed by atoms with van der Waals surface area (Å²) in [7, 11) is 0. The second-order valence-electron chi connectivity index (χ2n) is 6.52. The maximum Gasteiger partial charge on any atom is 0.290 e. The molecule has 0 atom stereocenters. The van der Waals surface area contributed by atoms with Crippen LogP contribution in [0.4, 0.5) is 4.79 Å². The van der Waals surface area contributed by atoms with Gasteiger partial charge in [0.25, 0.3) is 11.1 Å². The Kier molecular flexibility index (Phi) is 4.50. The number of nitrogens with zero attached hydrogens (tertiary/aromatic N) is 1. The zero-order chi connectivity index (χ0) is 19.8. The molecule has 1 N–H and O–H groups in total. The highest BCUT2D eigenvalue weighted by molar-refractivity contribution is 8.18. The van der Waals surface area contributed by atoms with Crippen LogP contribution in [0.25, 0.3) is 37.9 Å². The third kappa shape index (κ3) is 3.48. The first-order valence-corrected chi connectivity index (χ1v) is 10.6. The highest BCUT2D eigenvalue weighted by atomic mass is 32.2. The predicted molar refractivity (Wildman–Crippen MR) is 120 cm³/mol. The van der Waals surface area contributed by atoms with Crippen molar-refractivity contribution in [3.8, 4) is 20.9 Å². The second kappa shape index (κ2) is 7.31. The number of carbonyl (C=O) groups excluding carboxylic acids is 2. The number of benzene rings is 2. The molecule has 4 nitrogen and oxygen atoms in total. The lowest BCUT2D eigenvalue weighted by molar-refractivity contribution is -0.115. The van der Waals surface area contributed by atoms with E-state index in [9.17, 15) is 9.59 Å². The summed E-state index contributed by atoms with van der Waals surface area (Å²) in [6.45, 7) is 0. The van der Waals surface area contributed by atoms with Gasteiger partial charge in [-0.1, -0.05) is 36.4 Å². The van der Waals surface area contributed by atoms with Crippen molar-refractivity contribution < 1.29 is 9.59 Å². The van der Waals surface area contributed by atoms with Crippen LogP contribution in [-0.4, -0.2) is 16.1 Å². The minimum absolute atomic E-state index is 0.337. The van der Waals surface area contributed by atoms with Gasteiger partial charge in [0.1, 0.15) is 0 Å².